The minimum atomic E-state index is -0.238. The maximum atomic E-state index is 12.8. The van der Waals surface area contributed by atoms with Gasteiger partial charge in [-0.15, -0.1) is 0 Å². The number of benzene rings is 2. The molecule has 0 radical (unpaired) electrons. The third-order valence-electron chi connectivity index (χ3n) is 4.46. The summed E-state index contributed by atoms with van der Waals surface area (Å²) in [6.07, 6.45) is 1.55. The van der Waals surface area contributed by atoms with E-state index < -0.39 is 0 Å². The van der Waals surface area contributed by atoms with Crippen molar-refractivity contribution < 1.29 is 9.21 Å². The first-order valence-corrected chi connectivity index (χ1v) is 9.32. The van der Waals surface area contributed by atoms with Crippen LogP contribution >= 0.6 is 11.6 Å². The monoisotopic (exact) mass is 394 g/mol. The topological polar surface area (TPSA) is 73.0 Å². The minimum Gasteiger partial charge on any atom is -0.440 e. The van der Waals surface area contributed by atoms with Gasteiger partial charge in [-0.3, -0.25) is 4.79 Å². The highest BCUT2D eigenvalue weighted by Crippen LogP contribution is 2.24. The fraction of sp³-hybridized carbons (Fsp3) is 0.190. The van der Waals surface area contributed by atoms with Gasteiger partial charge >= 0.3 is 0 Å². The van der Waals surface area contributed by atoms with Crippen LogP contribution in [0.15, 0.2) is 53.1 Å². The molecule has 0 fully saturated rings. The second-order valence-electron chi connectivity index (χ2n) is 6.88. The highest BCUT2D eigenvalue weighted by Gasteiger charge is 2.16. The molecule has 0 aliphatic carbocycles. The van der Waals surface area contributed by atoms with Crippen molar-refractivity contribution in [3.8, 4) is 5.69 Å². The van der Waals surface area contributed by atoms with E-state index in [-0.39, 0.29) is 11.8 Å². The second-order valence-corrected chi connectivity index (χ2v) is 7.32. The SMILES string of the molecule is Cc1c(C(=O)Nc2ccc3oc(C(C)C)nc3c2)cnn1-c1cccc(Cl)c1. The molecule has 0 atom stereocenters. The lowest BCUT2D eigenvalue weighted by molar-refractivity contribution is 0.102. The molecule has 2 heterocycles. The molecule has 0 bridgehead atoms. The number of amides is 1. The van der Waals surface area contributed by atoms with Crippen LogP contribution in [-0.4, -0.2) is 20.7 Å². The Kier molecular flexibility index (Phi) is 4.65. The van der Waals surface area contributed by atoms with E-state index in [9.17, 15) is 4.79 Å². The van der Waals surface area contributed by atoms with Crippen molar-refractivity contribution >= 4 is 34.3 Å². The van der Waals surface area contributed by atoms with E-state index in [1.807, 2.05) is 39.0 Å². The number of halogens is 1. The lowest BCUT2D eigenvalue weighted by Crippen LogP contribution is -2.13. The van der Waals surface area contributed by atoms with Crippen LogP contribution in [0.3, 0.4) is 0 Å². The number of oxazole rings is 1. The largest absolute Gasteiger partial charge is 0.440 e. The molecule has 6 nitrogen and oxygen atoms in total. The summed E-state index contributed by atoms with van der Waals surface area (Å²) in [6.45, 7) is 5.89. The quantitative estimate of drug-likeness (QED) is 0.506. The lowest BCUT2D eigenvalue weighted by atomic mass is 10.2. The Labute approximate surface area is 167 Å². The van der Waals surface area contributed by atoms with Crippen molar-refractivity contribution in [2.45, 2.75) is 26.7 Å². The molecule has 1 amide bonds. The van der Waals surface area contributed by atoms with Crippen LogP contribution in [0.4, 0.5) is 5.69 Å². The number of hydrogen-bond acceptors (Lipinski definition) is 4. The summed E-state index contributed by atoms with van der Waals surface area (Å²) < 4.78 is 7.40. The molecule has 0 unspecified atom stereocenters. The van der Waals surface area contributed by atoms with Crippen molar-refractivity contribution in [2.75, 3.05) is 5.32 Å². The molecule has 2 aromatic carbocycles. The zero-order valence-corrected chi connectivity index (χ0v) is 16.5. The molecular formula is C21H19ClN4O2. The van der Waals surface area contributed by atoms with Crippen molar-refractivity contribution in [2.24, 2.45) is 0 Å². The summed E-state index contributed by atoms with van der Waals surface area (Å²) in [5.41, 5.74) is 4.08. The Morgan fingerprint density at radius 2 is 2.04 bits per heavy atom. The van der Waals surface area contributed by atoms with Gasteiger partial charge in [0.2, 0.25) is 0 Å². The van der Waals surface area contributed by atoms with Gasteiger partial charge in [-0.25, -0.2) is 9.67 Å². The minimum absolute atomic E-state index is 0.199. The molecule has 2 aromatic heterocycles. The predicted octanol–water partition coefficient (Wildman–Crippen LogP) is 5.35. The van der Waals surface area contributed by atoms with E-state index in [2.05, 4.69) is 15.4 Å². The van der Waals surface area contributed by atoms with E-state index in [0.29, 0.717) is 33.3 Å². The molecule has 0 spiro atoms. The van der Waals surface area contributed by atoms with Gasteiger partial charge in [0.05, 0.1) is 23.1 Å². The van der Waals surface area contributed by atoms with Gasteiger partial charge in [0.25, 0.3) is 5.91 Å². The molecule has 0 saturated heterocycles. The van der Waals surface area contributed by atoms with Crippen LogP contribution in [0, 0.1) is 6.92 Å². The van der Waals surface area contributed by atoms with Crippen LogP contribution in [-0.2, 0) is 0 Å². The summed E-state index contributed by atoms with van der Waals surface area (Å²) in [5, 5.41) is 7.85. The number of rotatable bonds is 4. The predicted molar refractivity (Wildman–Crippen MR) is 109 cm³/mol. The average molecular weight is 395 g/mol. The fourth-order valence-corrected chi connectivity index (χ4v) is 3.15. The molecule has 142 valence electrons. The first-order valence-electron chi connectivity index (χ1n) is 8.95. The molecule has 7 heteroatoms. The zero-order chi connectivity index (χ0) is 19.8. The van der Waals surface area contributed by atoms with Crippen molar-refractivity contribution in [3.05, 3.63) is 70.8 Å². The van der Waals surface area contributed by atoms with Crippen molar-refractivity contribution in [1.82, 2.24) is 14.8 Å². The van der Waals surface area contributed by atoms with Crippen LogP contribution in [0.5, 0.6) is 0 Å². The molecule has 4 aromatic rings. The number of carbonyl (C=O) groups excluding carboxylic acids is 1. The molecule has 0 saturated carbocycles. The Morgan fingerprint density at radius 3 is 2.79 bits per heavy atom. The Hall–Kier alpha value is -3.12. The summed E-state index contributed by atoms with van der Waals surface area (Å²) in [7, 11) is 0. The van der Waals surface area contributed by atoms with Gasteiger partial charge in [-0.2, -0.15) is 5.10 Å². The maximum absolute atomic E-state index is 12.8. The molecule has 4 rings (SSSR count). The fourth-order valence-electron chi connectivity index (χ4n) is 2.97. The normalized spacial score (nSPS) is 11.3. The maximum Gasteiger partial charge on any atom is 0.259 e. The van der Waals surface area contributed by atoms with Crippen LogP contribution in [0.2, 0.25) is 5.02 Å². The van der Waals surface area contributed by atoms with E-state index in [0.717, 1.165) is 11.4 Å². The smallest absolute Gasteiger partial charge is 0.259 e. The number of nitrogens with one attached hydrogen (secondary N) is 1. The van der Waals surface area contributed by atoms with Gasteiger partial charge in [0, 0.05) is 16.6 Å². The Balaban J connectivity index is 1.59. The van der Waals surface area contributed by atoms with Gasteiger partial charge in [-0.1, -0.05) is 31.5 Å². The number of carbonyl (C=O) groups is 1. The highest BCUT2D eigenvalue weighted by molar-refractivity contribution is 6.30. The third-order valence-corrected chi connectivity index (χ3v) is 4.70. The van der Waals surface area contributed by atoms with E-state index in [1.54, 1.807) is 35.1 Å². The number of nitrogens with zero attached hydrogens (tertiary/aromatic N) is 3. The van der Waals surface area contributed by atoms with Crippen LogP contribution in [0.1, 0.15) is 41.7 Å². The standard InChI is InChI=1S/C21H19ClN4O2/c1-12(2)21-25-18-10-15(7-8-19(18)28-21)24-20(27)17-11-23-26(13(17)3)16-6-4-5-14(22)9-16/h4-12H,1-3H3,(H,24,27). The highest BCUT2D eigenvalue weighted by atomic mass is 35.5. The summed E-state index contributed by atoms with van der Waals surface area (Å²) in [5.74, 6) is 0.639. The molecule has 0 aliphatic heterocycles. The molecule has 1 N–H and O–H groups in total. The number of anilines is 1. The summed E-state index contributed by atoms with van der Waals surface area (Å²) in [6, 6.07) is 12.7. The summed E-state index contributed by atoms with van der Waals surface area (Å²) >= 11 is 6.06. The number of fused-ring (bicyclic) bond motifs is 1. The van der Waals surface area contributed by atoms with Crippen molar-refractivity contribution in [3.63, 3.8) is 0 Å². The van der Waals surface area contributed by atoms with E-state index in [1.165, 1.54) is 0 Å². The zero-order valence-electron chi connectivity index (χ0n) is 15.7. The van der Waals surface area contributed by atoms with Crippen molar-refractivity contribution in [1.29, 1.82) is 0 Å². The van der Waals surface area contributed by atoms with Crippen LogP contribution < -0.4 is 5.32 Å². The number of hydrogen-bond donors (Lipinski definition) is 1. The average Bonchev–Trinajstić information content (AvgIpc) is 3.25. The molecule has 0 aliphatic rings. The third kappa shape index (κ3) is 3.39. The van der Waals surface area contributed by atoms with E-state index >= 15 is 0 Å². The van der Waals surface area contributed by atoms with Gasteiger partial charge < -0.3 is 9.73 Å². The lowest BCUT2D eigenvalue weighted by Gasteiger charge is -2.07. The second kappa shape index (κ2) is 7.13. The van der Waals surface area contributed by atoms with Gasteiger partial charge in [0.15, 0.2) is 11.5 Å². The summed E-state index contributed by atoms with van der Waals surface area (Å²) in [4.78, 5) is 17.2. The Morgan fingerprint density at radius 1 is 1.21 bits per heavy atom. The Bertz CT molecular complexity index is 1180. The first-order chi connectivity index (χ1) is 13.4. The number of aromatic nitrogens is 3. The van der Waals surface area contributed by atoms with E-state index in [4.69, 9.17) is 16.0 Å². The first kappa shape index (κ1) is 18.3. The molecule has 28 heavy (non-hydrogen) atoms. The van der Waals surface area contributed by atoms with Crippen LogP contribution in [0.25, 0.3) is 16.8 Å². The van der Waals surface area contributed by atoms with Gasteiger partial charge in [0.1, 0.15) is 5.52 Å². The molecular weight excluding hydrogens is 376 g/mol. The van der Waals surface area contributed by atoms with Gasteiger partial charge in [-0.05, 0) is 43.3 Å².